The number of rotatable bonds is 6. The van der Waals surface area contributed by atoms with Crippen LogP contribution in [0.2, 0.25) is 0 Å². The molecule has 2 atom stereocenters. The summed E-state index contributed by atoms with van der Waals surface area (Å²) in [7, 11) is 2.20. The Labute approximate surface area is 130 Å². The molecule has 112 valence electrons. The van der Waals surface area contributed by atoms with Crippen molar-refractivity contribution in [3.8, 4) is 5.75 Å². The van der Waals surface area contributed by atoms with Gasteiger partial charge in [0.15, 0.2) is 0 Å². The molecule has 0 spiro atoms. The van der Waals surface area contributed by atoms with Crippen molar-refractivity contribution in [2.75, 3.05) is 26.7 Å². The van der Waals surface area contributed by atoms with Crippen LogP contribution in [-0.4, -0.2) is 37.7 Å². The van der Waals surface area contributed by atoms with Crippen LogP contribution in [0, 0.1) is 5.92 Å². The summed E-state index contributed by atoms with van der Waals surface area (Å²) in [4.78, 5) is 2.43. The topological polar surface area (TPSA) is 38.5 Å². The first kappa shape index (κ1) is 15.8. The summed E-state index contributed by atoms with van der Waals surface area (Å²) in [6.45, 7) is 2.48. The zero-order valence-electron chi connectivity index (χ0n) is 12.2. The number of benzene rings is 1. The van der Waals surface area contributed by atoms with E-state index in [0.29, 0.717) is 12.0 Å². The van der Waals surface area contributed by atoms with Crippen molar-refractivity contribution in [1.82, 2.24) is 4.90 Å². The Hall–Kier alpha value is -0.580. The highest BCUT2D eigenvalue weighted by molar-refractivity contribution is 9.10. The molecule has 2 N–H and O–H groups in total. The fourth-order valence-corrected chi connectivity index (χ4v) is 3.45. The summed E-state index contributed by atoms with van der Waals surface area (Å²) in [6, 6.07) is 8.62. The molecule has 1 fully saturated rings. The Morgan fingerprint density at radius 1 is 1.35 bits per heavy atom. The molecule has 0 radical (unpaired) electrons. The van der Waals surface area contributed by atoms with E-state index in [4.69, 9.17) is 10.5 Å². The first-order chi connectivity index (χ1) is 9.70. The van der Waals surface area contributed by atoms with Gasteiger partial charge in [0.1, 0.15) is 12.4 Å². The van der Waals surface area contributed by atoms with Crippen LogP contribution < -0.4 is 10.5 Å². The molecule has 1 aromatic carbocycles. The third-order valence-electron chi connectivity index (χ3n) is 4.25. The van der Waals surface area contributed by atoms with Gasteiger partial charge in [0, 0.05) is 17.1 Å². The predicted octanol–water partition coefficient (Wildman–Crippen LogP) is 3.28. The van der Waals surface area contributed by atoms with Gasteiger partial charge in [0.25, 0.3) is 0 Å². The van der Waals surface area contributed by atoms with Gasteiger partial charge in [-0.3, -0.25) is 4.90 Å². The van der Waals surface area contributed by atoms with Crippen LogP contribution in [0.1, 0.15) is 25.7 Å². The van der Waals surface area contributed by atoms with Crippen molar-refractivity contribution in [3.05, 3.63) is 28.7 Å². The molecule has 0 saturated heterocycles. The van der Waals surface area contributed by atoms with Crippen LogP contribution in [-0.2, 0) is 0 Å². The number of hydrogen-bond acceptors (Lipinski definition) is 3. The Morgan fingerprint density at radius 2 is 2.15 bits per heavy atom. The molecule has 0 bridgehead atoms. The van der Waals surface area contributed by atoms with Gasteiger partial charge in [-0.25, -0.2) is 0 Å². The number of likely N-dealkylation sites (N-methyl/N-ethyl adjacent to an activating group) is 1. The molecule has 2 unspecified atom stereocenters. The minimum Gasteiger partial charge on any atom is -0.492 e. The standard InChI is InChI=1S/C16H25BrN2O/c1-19(16-8-3-2-5-13(16)12-18)9-10-20-15-7-4-6-14(17)11-15/h4,6-7,11,13,16H,2-3,5,8-10,12,18H2,1H3. The molecule has 1 aliphatic carbocycles. The molecule has 0 amide bonds. The molecular weight excluding hydrogens is 316 g/mol. The normalized spacial score (nSPS) is 23.0. The highest BCUT2D eigenvalue weighted by Gasteiger charge is 2.26. The van der Waals surface area contributed by atoms with Gasteiger partial charge in [-0.1, -0.05) is 34.8 Å². The van der Waals surface area contributed by atoms with Crippen LogP contribution in [0.3, 0.4) is 0 Å². The summed E-state index contributed by atoms with van der Waals surface area (Å²) in [6.07, 6.45) is 5.21. The Kier molecular flexibility index (Phi) is 6.33. The highest BCUT2D eigenvalue weighted by Crippen LogP contribution is 2.27. The van der Waals surface area contributed by atoms with Crippen molar-refractivity contribution in [1.29, 1.82) is 0 Å². The van der Waals surface area contributed by atoms with Gasteiger partial charge in [-0.15, -0.1) is 0 Å². The van der Waals surface area contributed by atoms with Crippen LogP contribution >= 0.6 is 15.9 Å². The molecule has 1 saturated carbocycles. The van der Waals surface area contributed by atoms with E-state index in [2.05, 4.69) is 27.9 Å². The van der Waals surface area contributed by atoms with E-state index >= 15 is 0 Å². The second-order valence-corrected chi connectivity index (χ2v) is 6.55. The molecule has 0 heterocycles. The van der Waals surface area contributed by atoms with E-state index < -0.39 is 0 Å². The molecule has 1 aliphatic rings. The van der Waals surface area contributed by atoms with E-state index in [9.17, 15) is 0 Å². The Balaban J connectivity index is 1.78. The van der Waals surface area contributed by atoms with Gasteiger partial charge >= 0.3 is 0 Å². The summed E-state index contributed by atoms with van der Waals surface area (Å²) < 4.78 is 6.87. The summed E-state index contributed by atoms with van der Waals surface area (Å²) >= 11 is 3.46. The Morgan fingerprint density at radius 3 is 2.90 bits per heavy atom. The lowest BCUT2D eigenvalue weighted by molar-refractivity contribution is 0.115. The van der Waals surface area contributed by atoms with E-state index in [-0.39, 0.29) is 0 Å². The SMILES string of the molecule is CN(CCOc1cccc(Br)c1)C1CCCCC1CN. The minimum absolute atomic E-state index is 0.625. The van der Waals surface area contributed by atoms with Crippen molar-refractivity contribution in [2.45, 2.75) is 31.7 Å². The first-order valence-corrected chi connectivity index (χ1v) is 8.28. The van der Waals surface area contributed by atoms with Crippen molar-refractivity contribution in [3.63, 3.8) is 0 Å². The van der Waals surface area contributed by atoms with Crippen LogP contribution in [0.25, 0.3) is 0 Å². The van der Waals surface area contributed by atoms with Gasteiger partial charge in [-0.2, -0.15) is 0 Å². The third-order valence-corrected chi connectivity index (χ3v) is 4.74. The molecule has 2 rings (SSSR count). The maximum atomic E-state index is 5.90. The fourth-order valence-electron chi connectivity index (χ4n) is 3.07. The number of hydrogen-bond donors (Lipinski definition) is 1. The maximum Gasteiger partial charge on any atom is 0.120 e. The molecule has 0 aliphatic heterocycles. The summed E-state index contributed by atoms with van der Waals surface area (Å²) in [5.41, 5.74) is 5.90. The van der Waals surface area contributed by atoms with Crippen molar-refractivity contribution >= 4 is 15.9 Å². The predicted molar refractivity (Wildman–Crippen MR) is 87.1 cm³/mol. The third kappa shape index (κ3) is 4.47. The number of halogens is 1. The number of ether oxygens (including phenoxy) is 1. The van der Waals surface area contributed by atoms with E-state index in [0.717, 1.165) is 29.9 Å². The van der Waals surface area contributed by atoms with Crippen molar-refractivity contribution in [2.24, 2.45) is 11.7 Å². The van der Waals surface area contributed by atoms with Crippen LogP contribution in [0.15, 0.2) is 28.7 Å². The molecule has 3 nitrogen and oxygen atoms in total. The molecule has 1 aromatic rings. The average Bonchev–Trinajstić information content (AvgIpc) is 2.47. The number of nitrogens with zero attached hydrogens (tertiary/aromatic N) is 1. The van der Waals surface area contributed by atoms with Gasteiger partial charge < -0.3 is 10.5 Å². The lowest BCUT2D eigenvalue weighted by atomic mass is 9.84. The highest BCUT2D eigenvalue weighted by atomic mass is 79.9. The second kappa shape index (κ2) is 8.01. The van der Waals surface area contributed by atoms with Crippen molar-refractivity contribution < 1.29 is 4.74 Å². The van der Waals surface area contributed by atoms with Gasteiger partial charge in [-0.05, 0) is 50.6 Å². The fraction of sp³-hybridized carbons (Fsp3) is 0.625. The first-order valence-electron chi connectivity index (χ1n) is 7.49. The zero-order chi connectivity index (χ0) is 14.4. The second-order valence-electron chi connectivity index (χ2n) is 5.63. The lowest BCUT2D eigenvalue weighted by Gasteiger charge is -2.37. The molecule has 0 aromatic heterocycles. The Bertz CT molecular complexity index is 413. The van der Waals surface area contributed by atoms with Crippen LogP contribution in [0.4, 0.5) is 0 Å². The molecule has 20 heavy (non-hydrogen) atoms. The van der Waals surface area contributed by atoms with E-state index in [1.54, 1.807) is 0 Å². The van der Waals surface area contributed by atoms with Crippen LogP contribution in [0.5, 0.6) is 5.75 Å². The quantitative estimate of drug-likeness (QED) is 0.863. The number of nitrogens with two attached hydrogens (primary N) is 1. The van der Waals surface area contributed by atoms with Gasteiger partial charge in [0.2, 0.25) is 0 Å². The monoisotopic (exact) mass is 340 g/mol. The molecular formula is C16H25BrN2O. The zero-order valence-corrected chi connectivity index (χ0v) is 13.8. The largest absolute Gasteiger partial charge is 0.492 e. The summed E-state index contributed by atoms with van der Waals surface area (Å²) in [5, 5.41) is 0. The van der Waals surface area contributed by atoms with E-state index in [1.807, 2.05) is 24.3 Å². The smallest absolute Gasteiger partial charge is 0.120 e. The van der Waals surface area contributed by atoms with E-state index in [1.165, 1.54) is 25.7 Å². The molecule has 4 heteroatoms. The summed E-state index contributed by atoms with van der Waals surface area (Å²) in [5.74, 6) is 1.58. The minimum atomic E-state index is 0.625. The average molecular weight is 341 g/mol. The maximum absolute atomic E-state index is 5.90. The lowest BCUT2D eigenvalue weighted by Crippen LogP contribution is -2.44. The van der Waals surface area contributed by atoms with Gasteiger partial charge in [0.05, 0.1) is 0 Å².